The number of carbonyl (C=O) groups is 1. The van der Waals surface area contributed by atoms with Crippen molar-refractivity contribution in [3.05, 3.63) is 78.1 Å². The molecule has 0 saturated carbocycles. The van der Waals surface area contributed by atoms with Crippen LogP contribution in [0.1, 0.15) is 28.5 Å². The largest absolute Gasteiger partial charge is 0.497 e. The van der Waals surface area contributed by atoms with E-state index in [4.69, 9.17) is 9.26 Å². The van der Waals surface area contributed by atoms with Gasteiger partial charge in [0.1, 0.15) is 11.4 Å². The Labute approximate surface area is 179 Å². The van der Waals surface area contributed by atoms with Crippen LogP contribution in [0, 0.1) is 6.92 Å². The lowest BCUT2D eigenvalue weighted by molar-refractivity contribution is 0.0953. The van der Waals surface area contributed by atoms with Crippen molar-refractivity contribution in [2.75, 3.05) is 13.7 Å². The van der Waals surface area contributed by atoms with Crippen molar-refractivity contribution in [2.45, 2.75) is 19.8 Å². The first-order chi connectivity index (χ1) is 15.1. The lowest BCUT2D eigenvalue weighted by Gasteiger charge is -2.05. The van der Waals surface area contributed by atoms with Crippen LogP contribution in [-0.2, 0) is 6.42 Å². The number of nitrogens with one attached hydrogen (secondary N) is 1. The van der Waals surface area contributed by atoms with Crippen LogP contribution in [0.4, 0.5) is 0 Å². The molecule has 8 nitrogen and oxygen atoms in total. The van der Waals surface area contributed by atoms with Gasteiger partial charge in [-0.15, -0.1) is 0 Å². The molecule has 158 valence electrons. The minimum atomic E-state index is -0.185. The van der Waals surface area contributed by atoms with Crippen LogP contribution in [0.5, 0.6) is 5.75 Å². The average Bonchev–Trinajstić information content (AvgIpc) is 3.44. The first-order valence-electron chi connectivity index (χ1n) is 10.0. The van der Waals surface area contributed by atoms with E-state index < -0.39 is 0 Å². The summed E-state index contributed by atoms with van der Waals surface area (Å²) in [6.45, 7) is 2.26. The molecule has 1 N–H and O–H groups in total. The minimum absolute atomic E-state index is 0.185. The average molecular weight is 417 g/mol. The van der Waals surface area contributed by atoms with Crippen molar-refractivity contribution in [1.82, 2.24) is 25.2 Å². The first-order valence-corrected chi connectivity index (χ1v) is 10.0. The van der Waals surface area contributed by atoms with Crippen LogP contribution in [0.2, 0.25) is 0 Å². The summed E-state index contributed by atoms with van der Waals surface area (Å²) >= 11 is 0. The fourth-order valence-electron chi connectivity index (χ4n) is 3.19. The fourth-order valence-corrected chi connectivity index (χ4v) is 3.19. The number of benzene rings is 2. The number of ether oxygens (including phenoxy) is 1. The Morgan fingerprint density at radius 1 is 1.13 bits per heavy atom. The molecule has 0 saturated heterocycles. The Morgan fingerprint density at radius 3 is 2.58 bits per heavy atom. The van der Waals surface area contributed by atoms with Crippen molar-refractivity contribution >= 4 is 5.91 Å². The van der Waals surface area contributed by atoms with Crippen molar-refractivity contribution in [1.29, 1.82) is 0 Å². The summed E-state index contributed by atoms with van der Waals surface area (Å²) in [6, 6.07) is 17.2. The molecule has 31 heavy (non-hydrogen) atoms. The number of rotatable bonds is 8. The van der Waals surface area contributed by atoms with Crippen LogP contribution >= 0.6 is 0 Å². The van der Waals surface area contributed by atoms with Gasteiger partial charge in [-0.1, -0.05) is 23.4 Å². The quantitative estimate of drug-likeness (QED) is 0.440. The van der Waals surface area contributed by atoms with Gasteiger partial charge in [0.05, 0.1) is 18.4 Å². The van der Waals surface area contributed by atoms with E-state index in [1.54, 1.807) is 24.9 Å². The van der Waals surface area contributed by atoms with Crippen LogP contribution in [0.3, 0.4) is 0 Å². The normalized spacial score (nSPS) is 10.8. The van der Waals surface area contributed by atoms with Gasteiger partial charge in [-0.2, -0.15) is 10.1 Å². The molecule has 2 heterocycles. The lowest BCUT2D eigenvalue weighted by atomic mass is 10.1. The topological polar surface area (TPSA) is 95.1 Å². The highest BCUT2D eigenvalue weighted by Crippen LogP contribution is 2.26. The van der Waals surface area contributed by atoms with E-state index in [1.165, 1.54) is 0 Å². The Hall–Kier alpha value is -3.94. The monoisotopic (exact) mass is 417 g/mol. The molecule has 0 bridgehead atoms. The zero-order chi connectivity index (χ0) is 21.6. The molecule has 0 aliphatic heterocycles. The molecular weight excluding hydrogens is 394 g/mol. The maximum Gasteiger partial charge on any atom is 0.255 e. The fraction of sp³-hybridized carbons (Fsp3) is 0.217. The smallest absolute Gasteiger partial charge is 0.255 e. The Balaban J connectivity index is 1.53. The van der Waals surface area contributed by atoms with Crippen molar-refractivity contribution in [3.63, 3.8) is 0 Å². The lowest BCUT2D eigenvalue weighted by Crippen LogP contribution is -2.25. The highest BCUT2D eigenvalue weighted by molar-refractivity contribution is 5.99. The van der Waals surface area contributed by atoms with Crippen LogP contribution in [-0.4, -0.2) is 39.5 Å². The summed E-state index contributed by atoms with van der Waals surface area (Å²) < 4.78 is 12.1. The third kappa shape index (κ3) is 4.80. The molecule has 0 aliphatic rings. The number of aromatic nitrogens is 4. The van der Waals surface area contributed by atoms with Gasteiger partial charge in [-0.25, -0.2) is 4.68 Å². The van der Waals surface area contributed by atoms with Gasteiger partial charge in [0, 0.05) is 24.7 Å². The third-order valence-electron chi connectivity index (χ3n) is 4.77. The second kappa shape index (κ2) is 9.25. The highest BCUT2D eigenvalue weighted by atomic mass is 16.5. The molecule has 0 spiro atoms. The molecule has 0 fully saturated rings. The maximum absolute atomic E-state index is 13.0. The summed E-state index contributed by atoms with van der Waals surface area (Å²) in [7, 11) is 1.62. The van der Waals surface area contributed by atoms with Gasteiger partial charge >= 0.3 is 0 Å². The minimum Gasteiger partial charge on any atom is -0.497 e. The molecule has 4 rings (SSSR count). The number of aryl methyl sites for hydroxylation is 2. The number of carbonyl (C=O) groups excluding carboxylic acids is 1. The number of hydrogen-bond donors (Lipinski definition) is 1. The zero-order valence-corrected chi connectivity index (χ0v) is 17.4. The predicted molar refractivity (Wildman–Crippen MR) is 115 cm³/mol. The Bertz CT molecular complexity index is 1150. The zero-order valence-electron chi connectivity index (χ0n) is 17.4. The van der Waals surface area contributed by atoms with Crippen molar-refractivity contribution < 1.29 is 14.1 Å². The Kier molecular flexibility index (Phi) is 6.07. The second-order valence-corrected chi connectivity index (χ2v) is 6.99. The molecule has 8 heteroatoms. The summed E-state index contributed by atoms with van der Waals surface area (Å²) in [4.78, 5) is 17.2. The van der Waals surface area contributed by atoms with E-state index in [0.29, 0.717) is 42.4 Å². The van der Waals surface area contributed by atoms with E-state index in [-0.39, 0.29) is 5.91 Å². The van der Waals surface area contributed by atoms with Crippen LogP contribution in [0.15, 0.2) is 65.3 Å². The molecule has 1 amide bonds. The Morgan fingerprint density at radius 2 is 1.90 bits per heavy atom. The van der Waals surface area contributed by atoms with Crippen molar-refractivity contribution in [2.24, 2.45) is 0 Å². The summed E-state index contributed by atoms with van der Waals surface area (Å²) in [5.41, 5.74) is 2.82. The first kappa shape index (κ1) is 20.3. The van der Waals surface area contributed by atoms with Crippen LogP contribution in [0.25, 0.3) is 16.9 Å². The number of nitrogens with zero attached hydrogens (tertiary/aromatic N) is 4. The van der Waals surface area contributed by atoms with Gasteiger partial charge in [-0.05, 0) is 49.7 Å². The van der Waals surface area contributed by atoms with E-state index in [1.807, 2.05) is 54.6 Å². The molecule has 0 atom stereocenters. The highest BCUT2D eigenvalue weighted by Gasteiger charge is 2.18. The number of methoxy groups -OCH3 is 1. The van der Waals surface area contributed by atoms with E-state index >= 15 is 0 Å². The molecular formula is C23H23N5O3. The van der Waals surface area contributed by atoms with Crippen LogP contribution < -0.4 is 10.1 Å². The molecule has 0 aliphatic carbocycles. The number of amides is 1. The maximum atomic E-state index is 13.0. The molecule has 0 radical (unpaired) electrons. The predicted octanol–water partition coefficient (Wildman–Crippen LogP) is 3.60. The van der Waals surface area contributed by atoms with E-state index in [0.717, 1.165) is 17.0 Å². The summed E-state index contributed by atoms with van der Waals surface area (Å²) in [5.74, 6) is 1.74. The van der Waals surface area contributed by atoms with E-state index in [9.17, 15) is 4.79 Å². The van der Waals surface area contributed by atoms with Gasteiger partial charge in [0.25, 0.3) is 5.91 Å². The molecule has 0 unspecified atom stereocenters. The molecule has 2 aromatic heterocycles. The van der Waals surface area contributed by atoms with Gasteiger partial charge in [0.15, 0.2) is 5.82 Å². The number of para-hydroxylation sites is 1. The SMILES string of the molecule is COc1ccc(-c2nn(-c3ccccc3)cc2C(=O)NCCCc2nc(C)no2)cc1. The third-order valence-corrected chi connectivity index (χ3v) is 4.77. The van der Waals surface area contributed by atoms with Crippen molar-refractivity contribution in [3.8, 4) is 22.7 Å². The standard InChI is InChI=1S/C23H23N5O3/c1-16-25-21(31-27-16)9-6-14-24-23(29)20-15-28(18-7-4-3-5-8-18)26-22(20)17-10-12-19(30-2)13-11-17/h3-5,7-8,10-13,15H,6,9,14H2,1-2H3,(H,24,29). The molecule has 2 aromatic carbocycles. The van der Waals surface area contributed by atoms with Gasteiger partial charge in [0.2, 0.25) is 5.89 Å². The van der Waals surface area contributed by atoms with E-state index in [2.05, 4.69) is 20.6 Å². The molecule has 4 aromatic rings. The summed E-state index contributed by atoms with van der Waals surface area (Å²) in [6.07, 6.45) is 3.05. The van der Waals surface area contributed by atoms with Gasteiger partial charge in [-0.3, -0.25) is 4.79 Å². The summed E-state index contributed by atoms with van der Waals surface area (Å²) in [5, 5.41) is 11.4. The van der Waals surface area contributed by atoms with Gasteiger partial charge < -0.3 is 14.6 Å². The second-order valence-electron chi connectivity index (χ2n) is 6.99. The number of hydrogen-bond acceptors (Lipinski definition) is 6.